The summed E-state index contributed by atoms with van der Waals surface area (Å²) in [7, 11) is 0. The Labute approximate surface area is 94.1 Å². The van der Waals surface area contributed by atoms with Crippen LogP contribution in [-0.2, 0) is 0 Å². The minimum absolute atomic E-state index is 0.0420. The van der Waals surface area contributed by atoms with Gasteiger partial charge in [-0.2, -0.15) is 13.2 Å². The Bertz CT molecular complexity index is 354. The van der Waals surface area contributed by atoms with Crippen molar-refractivity contribution in [1.82, 2.24) is 5.43 Å². The molecule has 0 fully saturated rings. The summed E-state index contributed by atoms with van der Waals surface area (Å²) in [5, 5.41) is 0.124. The average Bonchev–Trinajstić information content (AvgIpc) is 2.10. The highest BCUT2D eigenvalue weighted by molar-refractivity contribution is 6.33. The van der Waals surface area contributed by atoms with Crippen LogP contribution in [0, 0.1) is 0 Å². The highest BCUT2D eigenvalue weighted by atomic mass is 35.5. The van der Waals surface area contributed by atoms with Gasteiger partial charge in [0.25, 0.3) is 0 Å². The molecule has 0 aliphatic heterocycles. The van der Waals surface area contributed by atoms with Crippen molar-refractivity contribution < 1.29 is 13.2 Å². The molecule has 1 aromatic rings. The molecule has 1 atom stereocenters. The summed E-state index contributed by atoms with van der Waals surface area (Å²) in [6.45, 7) is 0. The Balaban J connectivity index is 3.18. The van der Waals surface area contributed by atoms with Gasteiger partial charge >= 0.3 is 6.18 Å². The molecule has 3 N–H and O–H groups in total. The molecule has 1 rings (SSSR count). The van der Waals surface area contributed by atoms with Crippen molar-refractivity contribution in [2.45, 2.75) is 12.2 Å². The van der Waals surface area contributed by atoms with Gasteiger partial charge in [-0.3, -0.25) is 5.84 Å². The summed E-state index contributed by atoms with van der Waals surface area (Å²) in [6.07, 6.45) is -4.52. The zero-order valence-corrected chi connectivity index (χ0v) is 8.79. The molecule has 1 unspecified atom stereocenters. The van der Waals surface area contributed by atoms with E-state index in [9.17, 15) is 13.2 Å². The number of halogens is 5. The lowest BCUT2D eigenvalue weighted by Crippen LogP contribution is -2.38. The maximum Gasteiger partial charge on any atom is 0.409 e. The molecule has 7 heteroatoms. The quantitative estimate of drug-likeness (QED) is 0.632. The highest BCUT2D eigenvalue weighted by Gasteiger charge is 2.41. The van der Waals surface area contributed by atoms with Crippen LogP contribution in [0.4, 0.5) is 13.2 Å². The standard InChI is InChI=1S/C8H7Cl2F3N2/c9-4-1-2-6(10)5(3-4)7(15-14)8(11,12)13/h1-3,7,15H,14H2. The molecule has 15 heavy (non-hydrogen) atoms. The molecule has 0 aliphatic rings. The topological polar surface area (TPSA) is 38.0 Å². The van der Waals surface area contributed by atoms with E-state index in [1.54, 1.807) is 5.43 Å². The van der Waals surface area contributed by atoms with Crippen LogP contribution in [0.15, 0.2) is 18.2 Å². The van der Waals surface area contributed by atoms with Gasteiger partial charge in [-0.15, -0.1) is 0 Å². The molecule has 0 saturated heterocycles. The molecular weight excluding hydrogens is 252 g/mol. The maximum atomic E-state index is 12.5. The van der Waals surface area contributed by atoms with E-state index in [1.807, 2.05) is 0 Å². The molecule has 2 nitrogen and oxygen atoms in total. The van der Waals surface area contributed by atoms with Crippen LogP contribution in [-0.4, -0.2) is 6.18 Å². The minimum atomic E-state index is -4.52. The molecule has 1 aromatic carbocycles. The van der Waals surface area contributed by atoms with E-state index in [0.717, 1.165) is 6.07 Å². The molecule has 0 saturated carbocycles. The lowest BCUT2D eigenvalue weighted by atomic mass is 10.1. The Morgan fingerprint density at radius 3 is 2.33 bits per heavy atom. The summed E-state index contributed by atoms with van der Waals surface area (Å²) >= 11 is 11.2. The Morgan fingerprint density at radius 1 is 1.27 bits per heavy atom. The SMILES string of the molecule is NNC(c1cc(Cl)ccc1Cl)C(F)(F)F. The van der Waals surface area contributed by atoms with Crippen molar-refractivity contribution in [1.29, 1.82) is 0 Å². The first-order valence-electron chi connectivity index (χ1n) is 3.84. The first kappa shape index (κ1) is 12.6. The fourth-order valence-corrected chi connectivity index (χ4v) is 1.50. The molecule has 84 valence electrons. The maximum absolute atomic E-state index is 12.5. The third-order valence-electron chi connectivity index (χ3n) is 1.76. The summed E-state index contributed by atoms with van der Waals surface area (Å²) < 4.78 is 37.4. The largest absolute Gasteiger partial charge is 0.409 e. The van der Waals surface area contributed by atoms with Gasteiger partial charge in [-0.25, -0.2) is 5.43 Å². The van der Waals surface area contributed by atoms with E-state index in [1.165, 1.54) is 12.1 Å². The number of nitrogens with one attached hydrogen (secondary N) is 1. The van der Waals surface area contributed by atoms with Crippen molar-refractivity contribution >= 4 is 23.2 Å². The van der Waals surface area contributed by atoms with Gasteiger partial charge in [-0.1, -0.05) is 23.2 Å². The Hall–Kier alpha value is -0.490. The van der Waals surface area contributed by atoms with Crippen molar-refractivity contribution in [3.8, 4) is 0 Å². The monoisotopic (exact) mass is 258 g/mol. The number of benzene rings is 1. The third-order valence-corrected chi connectivity index (χ3v) is 2.34. The average molecular weight is 259 g/mol. The number of rotatable bonds is 2. The zero-order chi connectivity index (χ0) is 11.6. The van der Waals surface area contributed by atoms with Crippen LogP contribution in [0.25, 0.3) is 0 Å². The summed E-state index contributed by atoms with van der Waals surface area (Å²) in [5.74, 6) is 4.84. The number of hydrazine groups is 1. The smallest absolute Gasteiger partial charge is 0.271 e. The normalized spacial score (nSPS) is 14.0. The molecule has 0 amide bonds. The van der Waals surface area contributed by atoms with Crippen molar-refractivity contribution in [3.05, 3.63) is 33.8 Å². The zero-order valence-electron chi connectivity index (χ0n) is 7.28. The van der Waals surface area contributed by atoms with Gasteiger partial charge in [0.15, 0.2) is 0 Å². The van der Waals surface area contributed by atoms with Gasteiger partial charge in [0.1, 0.15) is 6.04 Å². The van der Waals surface area contributed by atoms with E-state index in [2.05, 4.69) is 0 Å². The predicted molar refractivity (Wildman–Crippen MR) is 52.6 cm³/mol. The van der Waals surface area contributed by atoms with E-state index < -0.39 is 12.2 Å². The van der Waals surface area contributed by atoms with E-state index >= 15 is 0 Å². The van der Waals surface area contributed by atoms with Gasteiger partial charge in [0.05, 0.1) is 0 Å². The summed E-state index contributed by atoms with van der Waals surface area (Å²) in [4.78, 5) is 0. The number of hydrogen-bond donors (Lipinski definition) is 2. The summed E-state index contributed by atoms with van der Waals surface area (Å²) in [6, 6.07) is 1.79. The number of nitrogens with two attached hydrogens (primary N) is 1. The van der Waals surface area contributed by atoms with Crippen LogP contribution in [0.2, 0.25) is 10.0 Å². The molecule has 0 bridgehead atoms. The molecule has 0 aromatic heterocycles. The Kier molecular flexibility index (Phi) is 3.83. The molecule has 0 radical (unpaired) electrons. The van der Waals surface area contributed by atoms with Crippen LogP contribution in [0.3, 0.4) is 0 Å². The van der Waals surface area contributed by atoms with Crippen LogP contribution in [0.1, 0.15) is 11.6 Å². The highest BCUT2D eigenvalue weighted by Crippen LogP contribution is 2.36. The Morgan fingerprint density at radius 2 is 1.87 bits per heavy atom. The van der Waals surface area contributed by atoms with Crippen LogP contribution in [0.5, 0.6) is 0 Å². The molecule has 0 heterocycles. The third kappa shape index (κ3) is 2.98. The second-order valence-electron chi connectivity index (χ2n) is 2.81. The number of alkyl halides is 3. The van der Waals surface area contributed by atoms with E-state index in [4.69, 9.17) is 29.0 Å². The van der Waals surface area contributed by atoms with E-state index in [-0.39, 0.29) is 15.6 Å². The fraction of sp³-hybridized carbons (Fsp3) is 0.250. The van der Waals surface area contributed by atoms with Gasteiger partial charge in [0.2, 0.25) is 0 Å². The van der Waals surface area contributed by atoms with Gasteiger partial charge < -0.3 is 0 Å². The lowest BCUT2D eigenvalue weighted by molar-refractivity contribution is -0.157. The molecule has 0 spiro atoms. The van der Waals surface area contributed by atoms with Crippen molar-refractivity contribution in [3.63, 3.8) is 0 Å². The minimum Gasteiger partial charge on any atom is -0.271 e. The number of hydrogen-bond acceptors (Lipinski definition) is 2. The van der Waals surface area contributed by atoms with Crippen molar-refractivity contribution in [2.24, 2.45) is 5.84 Å². The molecule has 0 aliphatic carbocycles. The van der Waals surface area contributed by atoms with Gasteiger partial charge in [-0.05, 0) is 23.8 Å². The molecular formula is C8H7Cl2F3N2. The lowest BCUT2D eigenvalue weighted by Gasteiger charge is -2.20. The van der Waals surface area contributed by atoms with Gasteiger partial charge in [0, 0.05) is 10.0 Å². The van der Waals surface area contributed by atoms with Crippen LogP contribution >= 0.6 is 23.2 Å². The predicted octanol–water partition coefficient (Wildman–Crippen LogP) is 3.06. The first-order chi connectivity index (χ1) is 6.86. The first-order valence-corrected chi connectivity index (χ1v) is 4.59. The van der Waals surface area contributed by atoms with E-state index in [0.29, 0.717) is 0 Å². The van der Waals surface area contributed by atoms with Crippen LogP contribution < -0.4 is 11.3 Å². The van der Waals surface area contributed by atoms with Crippen molar-refractivity contribution in [2.75, 3.05) is 0 Å². The second kappa shape index (κ2) is 4.57. The fourth-order valence-electron chi connectivity index (χ4n) is 1.10. The second-order valence-corrected chi connectivity index (χ2v) is 3.65. The summed E-state index contributed by atoms with van der Waals surface area (Å²) in [5.41, 5.74) is 1.46.